The third-order valence-corrected chi connectivity index (χ3v) is 6.74. The van der Waals surface area contributed by atoms with Gasteiger partial charge in [0.2, 0.25) is 0 Å². The molecule has 1 unspecified atom stereocenters. The number of aliphatic carboxylic acids is 2. The van der Waals surface area contributed by atoms with Crippen LogP contribution in [0, 0.1) is 0 Å². The van der Waals surface area contributed by atoms with Gasteiger partial charge in [0.15, 0.2) is 0 Å². The standard InChI is InChI=1S/C23H30Cl2N2O.C4H4O4/c1-2-3-4-5-15-27-22-8-6-7-21(18(22)10-12-23(27)28)26-14-13-17-9-11-19(24)20(25)16-17;5-3(6)1-2-4(7)8/h9-12,16,21,26H,2-8,13-15H2,1H3;1-2H,(H,5,6)(H,7,8). The topological polar surface area (TPSA) is 109 Å². The summed E-state index contributed by atoms with van der Waals surface area (Å²) in [5.74, 6) is -2.51. The van der Waals surface area contributed by atoms with Crippen LogP contribution in [0.25, 0.3) is 0 Å². The molecule has 9 heteroatoms. The van der Waals surface area contributed by atoms with Crippen molar-refractivity contribution in [3.8, 4) is 0 Å². The largest absolute Gasteiger partial charge is 0.478 e. The van der Waals surface area contributed by atoms with Crippen LogP contribution in [0.4, 0.5) is 0 Å². The zero-order valence-electron chi connectivity index (χ0n) is 20.5. The number of hydrogen-bond donors (Lipinski definition) is 3. The highest BCUT2D eigenvalue weighted by atomic mass is 35.5. The Kier molecular flexibility index (Phi) is 12.7. The summed E-state index contributed by atoms with van der Waals surface area (Å²) in [6, 6.07) is 9.92. The van der Waals surface area contributed by atoms with E-state index in [1.807, 2.05) is 28.8 Å². The Morgan fingerprint density at radius 3 is 2.42 bits per heavy atom. The van der Waals surface area contributed by atoms with Gasteiger partial charge in [-0.3, -0.25) is 4.79 Å². The predicted octanol–water partition coefficient (Wildman–Crippen LogP) is 5.66. The molecule has 0 aliphatic heterocycles. The maximum absolute atomic E-state index is 12.4. The van der Waals surface area contributed by atoms with Gasteiger partial charge in [0, 0.05) is 36.5 Å². The highest BCUT2D eigenvalue weighted by molar-refractivity contribution is 6.42. The molecule has 1 aliphatic carbocycles. The maximum atomic E-state index is 12.4. The summed E-state index contributed by atoms with van der Waals surface area (Å²) in [4.78, 5) is 31.5. The highest BCUT2D eigenvalue weighted by Crippen LogP contribution is 2.29. The van der Waals surface area contributed by atoms with Crippen molar-refractivity contribution in [2.24, 2.45) is 0 Å². The lowest BCUT2D eigenvalue weighted by molar-refractivity contribution is -0.134. The minimum atomic E-state index is -1.26. The van der Waals surface area contributed by atoms with Crippen LogP contribution in [0.2, 0.25) is 10.0 Å². The summed E-state index contributed by atoms with van der Waals surface area (Å²) in [5, 5.41) is 20.5. The lowest BCUT2D eigenvalue weighted by Gasteiger charge is -2.29. The highest BCUT2D eigenvalue weighted by Gasteiger charge is 2.22. The lowest BCUT2D eigenvalue weighted by Crippen LogP contribution is -2.32. The fraction of sp³-hybridized carbons (Fsp3) is 0.444. The molecular weight excluding hydrogens is 503 g/mol. The minimum absolute atomic E-state index is 0.145. The van der Waals surface area contributed by atoms with Gasteiger partial charge in [-0.1, -0.05) is 61.5 Å². The third kappa shape index (κ3) is 9.80. The first-order valence-corrected chi connectivity index (χ1v) is 13.0. The molecule has 2 aromatic rings. The minimum Gasteiger partial charge on any atom is -0.478 e. The third-order valence-electron chi connectivity index (χ3n) is 6.00. The number of rotatable bonds is 11. The fourth-order valence-corrected chi connectivity index (χ4v) is 4.56. The number of carboxylic acids is 2. The van der Waals surface area contributed by atoms with Gasteiger partial charge in [0.05, 0.1) is 10.0 Å². The van der Waals surface area contributed by atoms with Gasteiger partial charge in [-0.2, -0.15) is 0 Å². The number of fused-ring (bicyclic) bond motifs is 1. The number of nitrogens with one attached hydrogen (secondary N) is 1. The number of nitrogens with zero attached hydrogens (tertiary/aromatic N) is 1. The number of unbranched alkanes of at least 4 members (excludes halogenated alkanes) is 3. The van der Waals surface area contributed by atoms with Crippen molar-refractivity contribution in [3.63, 3.8) is 0 Å². The molecule has 0 spiro atoms. The molecule has 0 amide bonds. The molecule has 3 rings (SSSR count). The Morgan fingerprint density at radius 1 is 1.06 bits per heavy atom. The quantitative estimate of drug-likeness (QED) is 0.252. The average molecular weight is 537 g/mol. The first-order valence-electron chi connectivity index (χ1n) is 12.3. The molecule has 0 saturated heterocycles. The van der Waals surface area contributed by atoms with Crippen LogP contribution >= 0.6 is 23.2 Å². The number of pyridine rings is 1. The van der Waals surface area contributed by atoms with Gasteiger partial charge in [0.25, 0.3) is 5.56 Å². The Balaban J connectivity index is 0.000000493. The molecule has 7 nitrogen and oxygen atoms in total. The Bertz CT molecular complexity index is 1100. The molecule has 3 N–H and O–H groups in total. The van der Waals surface area contributed by atoms with Crippen LogP contribution in [0.5, 0.6) is 0 Å². The molecule has 196 valence electrons. The van der Waals surface area contributed by atoms with E-state index in [0.29, 0.717) is 28.2 Å². The molecule has 1 aliphatic rings. The molecule has 1 atom stereocenters. The number of hydrogen-bond acceptors (Lipinski definition) is 4. The maximum Gasteiger partial charge on any atom is 0.328 e. The van der Waals surface area contributed by atoms with Crippen LogP contribution in [0.3, 0.4) is 0 Å². The van der Waals surface area contributed by atoms with E-state index >= 15 is 0 Å². The molecule has 1 aromatic heterocycles. The van der Waals surface area contributed by atoms with Crippen molar-refractivity contribution in [2.75, 3.05) is 6.54 Å². The monoisotopic (exact) mass is 536 g/mol. The van der Waals surface area contributed by atoms with E-state index in [9.17, 15) is 14.4 Å². The zero-order valence-corrected chi connectivity index (χ0v) is 22.0. The number of carbonyl (C=O) groups is 2. The van der Waals surface area contributed by atoms with Crippen LogP contribution in [0.1, 0.15) is 68.3 Å². The second-order valence-electron chi connectivity index (χ2n) is 8.69. The molecule has 1 heterocycles. The van der Waals surface area contributed by atoms with E-state index in [1.165, 1.54) is 36.1 Å². The average Bonchev–Trinajstić information content (AvgIpc) is 2.84. The first kappa shape index (κ1) is 29.6. The van der Waals surface area contributed by atoms with E-state index in [4.69, 9.17) is 33.4 Å². The smallest absolute Gasteiger partial charge is 0.328 e. The Labute approximate surface area is 221 Å². The van der Waals surface area contributed by atoms with Crippen LogP contribution in [0.15, 0.2) is 47.3 Å². The first-order chi connectivity index (χ1) is 17.2. The zero-order chi connectivity index (χ0) is 26.5. The summed E-state index contributed by atoms with van der Waals surface area (Å²) < 4.78 is 2.03. The van der Waals surface area contributed by atoms with E-state index in [-0.39, 0.29) is 5.56 Å². The Morgan fingerprint density at radius 2 is 1.78 bits per heavy atom. The summed E-state index contributed by atoms with van der Waals surface area (Å²) >= 11 is 12.1. The van der Waals surface area contributed by atoms with Crippen molar-refractivity contribution in [2.45, 2.75) is 70.9 Å². The SMILES string of the molecule is CCCCCCn1c2c(ccc1=O)C(NCCc1ccc(Cl)c(Cl)c1)CCC2.O=C(O)C=CC(=O)O. The number of halogens is 2. The van der Waals surface area contributed by atoms with Gasteiger partial charge < -0.3 is 20.1 Å². The summed E-state index contributed by atoms with van der Waals surface area (Å²) in [6.45, 7) is 3.93. The molecule has 0 fully saturated rings. The summed E-state index contributed by atoms with van der Waals surface area (Å²) in [7, 11) is 0. The molecule has 1 aromatic carbocycles. The van der Waals surface area contributed by atoms with Crippen molar-refractivity contribution >= 4 is 35.1 Å². The van der Waals surface area contributed by atoms with Crippen LogP contribution in [-0.2, 0) is 29.0 Å². The van der Waals surface area contributed by atoms with E-state index in [0.717, 1.165) is 45.2 Å². The lowest BCUT2D eigenvalue weighted by atomic mass is 9.90. The second-order valence-corrected chi connectivity index (χ2v) is 9.51. The van der Waals surface area contributed by atoms with E-state index in [2.05, 4.69) is 12.2 Å². The van der Waals surface area contributed by atoms with Gasteiger partial charge >= 0.3 is 11.9 Å². The summed E-state index contributed by atoms with van der Waals surface area (Å²) in [6.07, 6.45) is 9.99. The second kappa shape index (κ2) is 15.5. The van der Waals surface area contributed by atoms with Gasteiger partial charge in [-0.25, -0.2) is 9.59 Å². The van der Waals surface area contributed by atoms with Gasteiger partial charge in [-0.05, 0) is 61.9 Å². The normalized spacial score (nSPS) is 14.7. The van der Waals surface area contributed by atoms with Crippen molar-refractivity contribution in [3.05, 3.63) is 79.7 Å². The van der Waals surface area contributed by atoms with Gasteiger partial charge in [0.1, 0.15) is 0 Å². The molecule has 0 saturated carbocycles. The van der Waals surface area contributed by atoms with Gasteiger partial charge in [-0.15, -0.1) is 0 Å². The number of aromatic nitrogens is 1. The van der Waals surface area contributed by atoms with Crippen LogP contribution < -0.4 is 10.9 Å². The van der Waals surface area contributed by atoms with Crippen LogP contribution in [-0.4, -0.2) is 33.3 Å². The van der Waals surface area contributed by atoms with Crippen molar-refractivity contribution < 1.29 is 19.8 Å². The number of benzene rings is 1. The molecule has 0 bridgehead atoms. The molecule has 0 radical (unpaired) electrons. The van der Waals surface area contributed by atoms with Crippen molar-refractivity contribution in [1.29, 1.82) is 0 Å². The summed E-state index contributed by atoms with van der Waals surface area (Å²) in [5.41, 5.74) is 3.86. The van der Waals surface area contributed by atoms with Crippen molar-refractivity contribution in [1.82, 2.24) is 9.88 Å². The number of carboxylic acid groups (broad SMARTS) is 2. The van der Waals surface area contributed by atoms with E-state index < -0.39 is 11.9 Å². The van der Waals surface area contributed by atoms with E-state index in [1.54, 1.807) is 6.07 Å². The molecule has 36 heavy (non-hydrogen) atoms. The predicted molar refractivity (Wildman–Crippen MR) is 143 cm³/mol. The molecular formula is C27H34Cl2N2O5. The fourth-order valence-electron chi connectivity index (χ4n) is 4.24. The Hall–Kier alpha value is -2.61.